The van der Waals surface area contributed by atoms with E-state index in [1.54, 1.807) is 17.0 Å². The van der Waals surface area contributed by atoms with Gasteiger partial charge in [-0.05, 0) is 38.1 Å². The van der Waals surface area contributed by atoms with E-state index in [0.29, 0.717) is 24.5 Å². The summed E-state index contributed by atoms with van der Waals surface area (Å²) in [5.74, 6) is -0.488. The van der Waals surface area contributed by atoms with Crippen LogP contribution in [-0.2, 0) is 16.1 Å². The minimum absolute atomic E-state index is 0.0102. The lowest BCUT2D eigenvalue weighted by Crippen LogP contribution is -2.47. The summed E-state index contributed by atoms with van der Waals surface area (Å²) in [4.78, 5) is 21.3. The van der Waals surface area contributed by atoms with Crippen LogP contribution in [0.15, 0.2) is 36.4 Å². The number of esters is 1. The fraction of sp³-hybridized carbons (Fsp3) is 0.409. The van der Waals surface area contributed by atoms with Gasteiger partial charge in [0.05, 0.1) is 13.7 Å². The molecule has 8 heteroatoms. The fourth-order valence-electron chi connectivity index (χ4n) is 3.57. The number of aromatic nitrogens is 1. The Hall–Kier alpha value is -3.05. The highest BCUT2D eigenvalue weighted by Crippen LogP contribution is 2.29. The van der Waals surface area contributed by atoms with Crippen LogP contribution in [-0.4, -0.2) is 48.8 Å². The molecule has 0 amide bonds. The summed E-state index contributed by atoms with van der Waals surface area (Å²) >= 11 is 0. The molecule has 158 valence electrons. The minimum Gasteiger partial charge on any atom is -0.473 e. The van der Waals surface area contributed by atoms with E-state index in [-0.39, 0.29) is 18.2 Å². The summed E-state index contributed by atoms with van der Waals surface area (Å²) in [5.41, 5.74) is 1.44. The average molecular weight is 415 g/mol. The maximum Gasteiger partial charge on any atom is 0.325 e. The minimum atomic E-state index is -0.859. The lowest BCUT2D eigenvalue weighted by molar-refractivity contribution is -0.148. The van der Waals surface area contributed by atoms with Crippen molar-refractivity contribution in [3.05, 3.63) is 64.9 Å². The molecule has 0 aliphatic carbocycles. The van der Waals surface area contributed by atoms with Crippen molar-refractivity contribution in [3.63, 3.8) is 0 Å². The van der Waals surface area contributed by atoms with Crippen molar-refractivity contribution < 1.29 is 23.0 Å². The number of carbonyl (C=O) groups excluding carboxylic acids is 1. The second kappa shape index (κ2) is 10.1. The monoisotopic (exact) mass is 415 g/mol. The molecule has 1 aromatic carbocycles. The zero-order chi connectivity index (χ0) is 21.5. The van der Waals surface area contributed by atoms with Gasteiger partial charge in [0.25, 0.3) is 0 Å². The first-order valence-electron chi connectivity index (χ1n) is 9.69. The average Bonchev–Trinajstić information content (AvgIpc) is 2.79. The maximum absolute atomic E-state index is 14.0. The molecule has 1 aromatic heterocycles. The van der Waals surface area contributed by atoms with E-state index in [0.717, 1.165) is 18.5 Å². The summed E-state index contributed by atoms with van der Waals surface area (Å²) in [6, 6.07) is 8.86. The molecule has 1 aliphatic heterocycles. The first-order chi connectivity index (χ1) is 14.5. The molecule has 6 nitrogen and oxygen atoms in total. The highest BCUT2D eigenvalue weighted by atomic mass is 19.1. The van der Waals surface area contributed by atoms with Crippen molar-refractivity contribution in [1.29, 1.82) is 0 Å². The number of hydrogen-bond donors (Lipinski definition) is 0. The van der Waals surface area contributed by atoms with E-state index in [4.69, 9.17) is 11.3 Å². The largest absolute Gasteiger partial charge is 0.473 e. The number of halogens is 2. The summed E-state index contributed by atoms with van der Waals surface area (Å²) in [6.07, 6.45) is 1.47. The van der Waals surface area contributed by atoms with Crippen LogP contribution in [0.2, 0.25) is 0 Å². The van der Waals surface area contributed by atoms with Crippen LogP contribution in [0.1, 0.15) is 30.0 Å². The van der Waals surface area contributed by atoms with E-state index in [9.17, 15) is 13.6 Å². The van der Waals surface area contributed by atoms with Gasteiger partial charge in [0.2, 0.25) is 5.88 Å². The molecule has 1 fully saturated rings. The molecule has 2 heterocycles. The molecule has 3 rings (SSSR count). The van der Waals surface area contributed by atoms with Crippen LogP contribution >= 0.6 is 0 Å². The van der Waals surface area contributed by atoms with E-state index < -0.39 is 24.5 Å². The highest BCUT2D eigenvalue weighted by molar-refractivity contribution is 5.75. The third-order valence-corrected chi connectivity index (χ3v) is 5.29. The van der Waals surface area contributed by atoms with Gasteiger partial charge in [-0.2, -0.15) is 0 Å². The Labute approximate surface area is 174 Å². The van der Waals surface area contributed by atoms with Gasteiger partial charge in [0, 0.05) is 23.2 Å². The molecule has 0 N–H and O–H groups in total. The number of hydrogen-bond acceptors (Lipinski definition) is 5. The summed E-state index contributed by atoms with van der Waals surface area (Å²) in [6.45, 7) is 7.30. The summed E-state index contributed by atoms with van der Waals surface area (Å²) in [5, 5.41) is 0. The number of benzene rings is 1. The molecule has 2 aromatic rings. The van der Waals surface area contributed by atoms with Gasteiger partial charge in [0.15, 0.2) is 5.69 Å². The molecule has 1 saturated heterocycles. The number of carbonyl (C=O) groups is 1. The molecule has 0 saturated carbocycles. The van der Waals surface area contributed by atoms with Gasteiger partial charge < -0.3 is 9.47 Å². The van der Waals surface area contributed by atoms with Crippen LogP contribution < -0.4 is 4.74 Å². The highest BCUT2D eigenvalue weighted by Gasteiger charge is 2.31. The van der Waals surface area contributed by atoms with Crippen molar-refractivity contribution in [2.75, 3.05) is 26.9 Å². The quantitative estimate of drug-likeness (QED) is 0.505. The molecular formula is C22H23F2N3O3. The Bertz CT molecular complexity index is 924. The van der Waals surface area contributed by atoms with Gasteiger partial charge in [-0.25, -0.2) is 18.6 Å². The SMILES string of the molecule is [C-]#[N+]c1ccc(COc2cccc(C3CCN(C(CF)C(=O)OC)CC3)n2)c(F)c1. The number of piperidine rings is 1. The number of likely N-dealkylation sites (tertiary alicyclic amines) is 1. The van der Waals surface area contributed by atoms with Crippen LogP contribution in [0.5, 0.6) is 5.88 Å². The van der Waals surface area contributed by atoms with Crippen LogP contribution in [0, 0.1) is 12.4 Å². The number of rotatable bonds is 7. The molecule has 0 bridgehead atoms. The second-order valence-electron chi connectivity index (χ2n) is 7.08. The Kier molecular flexibility index (Phi) is 7.31. The predicted octanol–water partition coefficient (Wildman–Crippen LogP) is 4.04. The lowest BCUT2D eigenvalue weighted by atomic mass is 9.92. The third kappa shape index (κ3) is 5.10. The number of pyridine rings is 1. The molecule has 0 radical (unpaired) electrons. The van der Waals surface area contributed by atoms with Crippen molar-refractivity contribution >= 4 is 11.7 Å². The smallest absolute Gasteiger partial charge is 0.325 e. The second-order valence-corrected chi connectivity index (χ2v) is 7.08. The Morgan fingerprint density at radius 1 is 1.33 bits per heavy atom. The number of nitrogens with zero attached hydrogens (tertiary/aromatic N) is 3. The van der Waals surface area contributed by atoms with Crippen LogP contribution in [0.25, 0.3) is 4.85 Å². The zero-order valence-corrected chi connectivity index (χ0v) is 16.7. The standard InChI is InChI=1S/C22H23F2N3O3/c1-25-17-7-6-16(18(24)12-17)14-30-21-5-3-4-19(26-21)15-8-10-27(11-9-15)20(13-23)22(28)29-2/h3-7,12,15,20H,8-11,13-14H2,2H3. The zero-order valence-electron chi connectivity index (χ0n) is 16.7. The first kappa shape index (κ1) is 21.7. The van der Waals surface area contributed by atoms with Crippen molar-refractivity contribution in [2.45, 2.75) is 31.4 Å². The molecule has 1 aliphatic rings. The van der Waals surface area contributed by atoms with E-state index in [1.807, 2.05) is 12.1 Å². The van der Waals surface area contributed by atoms with Crippen molar-refractivity contribution in [1.82, 2.24) is 9.88 Å². The van der Waals surface area contributed by atoms with Crippen molar-refractivity contribution in [3.8, 4) is 5.88 Å². The normalized spacial score (nSPS) is 15.9. The first-order valence-corrected chi connectivity index (χ1v) is 9.69. The van der Waals surface area contributed by atoms with Crippen LogP contribution in [0.3, 0.4) is 0 Å². The molecule has 1 atom stereocenters. The number of alkyl halides is 1. The van der Waals surface area contributed by atoms with E-state index >= 15 is 0 Å². The Morgan fingerprint density at radius 2 is 2.10 bits per heavy atom. The Balaban J connectivity index is 1.60. The topological polar surface area (TPSA) is 56.0 Å². The van der Waals surface area contributed by atoms with Gasteiger partial charge in [-0.3, -0.25) is 9.69 Å². The fourth-order valence-corrected chi connectivity index (χ4v) is 3.57. The molecule has 1 unspecified atom stereocenters. The molecular weight excluding hydrogens is 392 g/mol. The third-order valence-electron chi connectivity index (χ3n) is 5.29. The lowest BCUT2D eigenvalue weighted by Gasteiger charge is -2.34. The van der Waals surface area contributed by atoms with Crippen molar-refractivity contribution in [2.24, 2.45) is 0 Å². The van der Waals surface area contributed by atoms with Gasteiger partial charge in [-0.15, -0.1) is 0 Å². The number of methoxy groups -OCH3 is 1. The summed E-state index contributed by atoms with van der Waals surface area (Å²) < 4.78 is 37.6. The predicted molar refractivity (Wildman–Crippen MR) is 107 cm³/mol. The molecule has 0 spiro atoms. The molecule has 30 heavy (non-hydrogen) atoms. The Morgan fingerprint density at radius 3 is 2.73 bits per heavy atom. The van der Waals surface area contributed by atoms with Crippen LogP contribution in [0.4, 0.5) is 14.5 Å². The van der Waals surface area contributed by atoms with E-state index in [1.165, 1.54) is 19.2 Å². The van der Waals surface area contributed by atoms with Gasteiger partial charge in [-0.1, -0.05) is 18.2 Å². The van der Waals surface area contributed by atoms with Gasteiger partial charge >= 0.3 is 5.97 Å². The van der Waals surface area contributed by atoms with Gasteiger partial charge in [0.1, 0.15) is 25.1 Å². The summed E-state index contributed by atoms with van der Waals surface area (Å²) in [7, 11) is 1.26. The maximum atomic E-state index is 14.0. The number of ether oxygens (including phenoxy) is 2. The van der Waals surface area contributed by atoms with E-state index in [2.05, 4.69) is 14.6 Å².